The van der Waals surface area contributed by atoms with E-state index in [4.69, 9.17) is 4.74 Å². The van der Waals surface area contributed by atoms with Crippen LogP contribution in [0.25, 0.3) is 0 Å². The average molecular weight is 345 g/mol. The van der Waals surface area contributed by atoms with Crippen LogP contribution in [0.15, 0.2) is 29.3 Å². The molecule has 1 aromatic rings. The third-order valence-corrected chi connectivity index (χ3v) is 3.72. The first kappa shape index (κ1) is 19.4. The molecule has 0 aliphatic carbocycles. The lowest BCUT2D eigenvalue weighted by Crippen LogP contribution is -2.39. The number of rotatable bonds is 9. The van der Waals surface area contributed by atoms with Crippen LogP contribution < -0.4 is 10.6 Å². The monoisotopic (exact) mass is 345 g/mol. The molecule has 6 nitrogen and oxygen atoms in total. The van der Waals surface area contributed by atoms with Crippen molar-refractivity contribution < 1.29 is 17.5 Å². The molecule has 1 aromatic carbocycles. The number of benzene rings is 1. The molecule has 0 aliphatic rings. The first-order valence-electron chi connectivity index (χ1n) is 7.43. The molecule has 0 saturated carbocycles. The first-order valence-corrected chi connectivity index (χ1v) is 9.49. The second-order valence-electron chi connectivity index (χ2n) is 4.99. The molecule has 0 unspecified atom stereocenters. The van der Waals surface area contributed by atoms with Gasteiger partial charge in [-0.05, 0) is 24.6 Å². The summed E-state index contributed by atoms with van der Waals surface area (Å²) in [7, 11) is -2.99. The normalized spacial score (nSPS) is 12.2. The van der Waals surface area contributed by atoms with Gasteiger partial charge in [0.25, 0.3) is 0 Å². The van der Waals surface area contributed by atoms with Crippen LogP contribution in [0.3, 0.4) is 0 Å². The van der Waals surface area contributed by atoms with Crippen molar-refractivity contribution in [3.63, 3.8) is 0 Å². The molecule has 23 heavy (non-hydrogen) atoms. The summed E-state index contributed by atoms with van der Waals surface area (Å²) in [5.74, 6) is 0.378. The maximum atomic E-state index is 12.8. The van der Waals surface area contributed by atoms with Crippen molar-refractivity contribution in [2.45, 2.75) is 13.5 Å². The van der Waals surface area contributed by atoms with Crippen LogP contribution in [0.4, 0.5) is 4.39 Å². The second-order valence-corrected chi connectivity index (χ2v) is 7.25. The van der Waals surface area contributed by atoms with Crippen LogP contribution >= 0.6 is 0 Å². The Morgan fingerprint density at radius 3 is 2.52 bits per heavy atom. The van der Waals surface area contributed by atoms with Gasteiger partial charge in [0.2, 0.25) is 0 Å². The number of hydrogen-bond donors (Lipinski definition) is 2. The highest BCUT2D eigenvalue weighted by Crippen LogP contribution is 2.03. The Morgan fingerprint density at radius 2 is 1.91 bits per heavy atom. The summed E-state index contributed by atoms with van der Waals surface area (Å²) in [6.45, 7) is 4.19. The lowest BCUT2D eigenvalue weighted by atomic mass is 10.2. The van der Waals surface area contributed by atoms with Gasteiger partial charge in [0.15, 0.2) is 5.96 Å². The number of aliphatic imine (C=N–C) groups is 1. The molecule has 130 valence electrons. The Morgan fingerprint density at radius 1 is 1.22 bits per heavy atom. The summed E-state index contributed by atoms with van der Waals surface area (Å²) < 4.78 is 40.0. The van der Waals surface area contributed by atoms with Gasteiger partial charge in [-0.15, -0.1) is 0 Å². The van der Waals surface area contributed by atoms with Gasteiger partial charge < -0.3 is 15.4 Å². The van der Waals surface area contributed by atoms with Gasteiger partial charge in [0.1, 0.15) is 15.7 Å². The van der Waals surface area contributed by atoms with Crippen LogP contribution in [0.2, 0.25) is 0 Å². The van der Waals surface area contributed by atoms with E-state index in [1.54, 1.807) is 12.1 Å². The fourth-order valence-corrected chi connectivity index (χ4v) is 2.08. The highest BCUT2D eigenvalue weighted by molar-refractivity contribution is 7.90. The molecule has 0 heterocycles. The predicted molar refractivity (Wildman–Crippen MR) is 89.7 cm³/mol. The van der Waals surface area contributed by atoms with Crippen LogP contribution in [-0.2, 0) is 21.1 Å². The zero-order chi connectivity index (χ0) is 17.1. The molecule has 0 aliphatic heterocycles. The zero-order valence-corrected chi connectivity index (χ0v) is 14.3. The molecule has 0 atom stereocenters. The number of ether oxygens (including phenoxy) is 1. The molecule has 8 heteroatoms. The zero-order valence-electron chi connectivity index (χ0n) is 13.5. The molecule has 0 amide bonds. The Kier molecular flexibility index (Phi) is 8.57. The van der Waals surface area contributed by atoms with Crippen LogP contribution in [-0.4, -0.2) is 52.7 Å². The molecule has 0 aromatic heterocycles. The number of halogens is 1. The van der Waals surface area contributed by atoms with Crippen molar-refractivity contribution in [1.82, 2.24) is 10.6 Å². The van der Waals surface area contributed by atoms with Crippen molar-refractivity contribution in [2.24, 2.45) is 4.99 Å². The Hall–Kier alpha value is -1.67. The summed E-state index contributed by atoms with van der Waals surface area (Å²) in [6.07, 6.45) is 1.18. The third kappa shape index (κ3) is 9.85. The number of guanidine groups is 1. The van der Waals surface area contributed by atoms with Gasteiger partial charge in [-0.25, -0.2) is 17.8 Å². The van der Waals surface area contributed by atoms with Crippen molar-refractivity contribution in [3.05, 3.63) is 35.6 Å². The Balaban J connectivity index is 2.33. The average Bonchev–Trinajstić information content (AvgIpc) is 2.48. The molecule has 0 spiro atoms. The van der Waals surface area contributed by atoms with E-state index < -0.39 is 9.84 Å². The Bertz CT molecular complexity index is 588. The Labute approximate surface area is 137 Å². The minimum absolute atomic E-state index is 0.0196. The summed E-state index contributed by atoms with van der Waals surface area (Å²) in [4.78, 5) is 4.39. The lowest BCUT2D eigenvalue weighted by molar-refractivity contribution is 0.154. The molecule has 0 fully saturated rings. The van der Waals surface area contributed by atoms with E-state index in [1.165, 1.54) is 18.4 Å². The first-order chi connectivity index (χ1) is 10.9. The smallest absolute Gasteiger partial charge is 0.191 e. The van der Waals surface area contributed by atoms with Gasteiger partial charge >= 0.3 is 0 Å². The summed E-state index contributed by atoms with van der Waals surface area (Å²) in [5, 5.41) is 6.18. The summed E-state index contributed by atoms with van der Waals surface area (Å²) >= 11 is 0. The standard InChI is InChI=1S/C15H24FN3O3S/c1-3-17-15(18-8-9-22-10-11-23(2,20)21)19-12-13-4-6-14(16)7-5-13/h4-7H,3,8-12H2,1-2H3,(H2,17,18,19). The van der Waals surface area contributed by atoms with Crippen molar-refractivity contribution in [2.75, 3.05) is 38.3 Å². The summed E-state index contributed by atoms with van der Waals surface area (Å²) in [6, 6.07) is 6.19. The third-order valence-electron chi connectivity index (χ3n) is 2.81. The highest BCUT2D eigenvalue weighted by Gasteiger charge is 2.02. The van der Waals surface area contributed by atoms with Gasteiger partial charge in [-0.1, -0.05) is 12.1 Å². The molecule has 0 saturated heterocycles. The molecular weight excluding hydrogens is 321 g/mol. The fourth-order valence-electron chi connectivity index (χ4n) is 1.66. The van der Waals surface area contributed by atoms with Gasteiger partial charge in [-0.2, -0.15) is 0 Å². The topological polar surface area (TPSA) is 79.8 Å². The van der Waals surface area contributed by atoms with Crippen LogP contribution in [0.1, 0.15) is 12.5 Å². The fraction of sp³-hybridized carbons (Fsp3) is 0.533. The van der Waals surface area contributed by atoms with Gasteiger partial charge in [0, 0.05) is 19.3 Å². The number of hydrogen-bond acceptors (Lipinski definition) is 4. The van der Waals surface area contributed by atoms with Crippen molar-refractivity contribution >= 4 is 15.8 Å². The minimum Gasteiger partial charge on any atom is -0.379 e. The molecular formula is C15H24FN3O3S. The predicted octanol–water partition coefficient (Wildman–Crippen LogP) is 0.942. The quantitative estimate of drug-likeness (QED) is 0.396. The maximum absolute atomic E-state index is 12.8. The SMILES string of the molecule is CCNC(=NCc1ccc(F)cc1)NCCOCCS(C)(=O)=O. The maximum Gasteiger partial charge on any atom is 0.191 e. The van der Waals surface area contributed by atoms with Crippen molar-refractivity contribution in [3.8, 4) is 0 Å². The van der Waals surface area contributed by atoms with Gasteiger partial charge in [0.05, 0.1) is 25.5 Å². The van der Waals surface area contributed by atoms with E-state index >= 15 is 0 Å². The van der Waals surface area contributed by atoms with Crippen LogP contribution in [0.5, 0.6) is 0 Å². The number of nitrogens with zero attached hydrogens (tertiary/aromatic N) is 1. The molecule has 0 radical (unpaired) electrons. The molecule has 1 rings (SSSR count). The minimum atomic E-state index is -2.99. The molecule has 2 N–H and O–H groups in total. The number of sulfone groups is 1. The summed E-state index contributed by atoms with van der Waals surface area (Å²) in [5.41, 5.74) is 0.910. The highest BCUT2D eigenvalue weighted by atomic mass is 32.2. The second kappa shape index (κ2) is 10.2. The number of nitrogens with one attached hydrogen (secondary N) is 2. The van der Waals surface area contributed by atoms with Gasteiger partial charge in [-0.3, -0.25) is 0 Å². The largest absolute Gasteiger partial charge is 0.379 e. The van der Waals surface area contributed by atoms with E-state index in [2.05, 4.69) is 15.6 Å². The molecule has 0 bridgehead atoms. The van der Waals surface area contributed by atoms with E-state index in [0.717, 1.165) is 5.56 Å². The van der Waals surface area contributed by atoms with E-state index in [0.29, 0.717) is 32.2 Å². The van der Waals surface area contributed by atoms with Crippen LogP contribution in [0, 0.1) is 5.82 Å². The van der Waals surface area contributed by atoms with E-state index in [1.807, 2.05) is 6.92 Å². The van der Waals surface area contributed by atoms with Crippen molar-refractivity contribution in [1.29, 1.82) is 0 Å². The van der Waals surface area contributed by atoms with E-state index in [9.17, 15) is 12.8 Å². The lowest BCUT2D eigenvalue weighted by Gasteiger charge is -2.11. The van der Waals surface area contributed by atoms with E-state index in [-0.39, 0.29) is 18.2 Å².